The second-order valence-corrected chi connectivity index (χ2v) is 8.56. The van der Waals surface area contributed by atoms with Crippen LogP contribution in [-0.2, 0) is 6.42 Å². The number of hydrogen-bond acceptors (Lipinski definition) is 4. The molecule has 1 unspecified atom stereocenters. The molecule has 0 radical (unpaired) electrons. The molecule has 0 saturated carbocycles. The third-order valence-corrected chi connectivity index (χ3v) is 6.90. The van der Waals surface area contributed by atoms with Crippen molar-refractivity contribution in [2.45, 2.75) is 25.2 Å². The summed E-state index contributed by atoms with van der Waals surface area (Å²) >= 11 is 10.3. The molecular weight excluding hydrogens is 474 g/mol. The summed E-state index contributed by atoms with van der Waals surface area (Å²) in [5.41, 5.74) is 4.96. The number of aromatic nitrogens is 3. The molecule has 1 aromatic carbocycles. The monoisotopic (exact) mass is 490 g/mol. The molecule has 0 aliphatic carbocycles. The van der Waals surface area contributed by atoms with E-state index in [9.17, 15) is 0 Å². The zero-order valence-electron chi connectivity index (χ0n) is 13.5. The normalized spacial score (nSPS) is 11.7. The molecule has 0 aliphatic rings. The highest BCUT2D eigenvalue weighted by Crippen LogP contribution is 2.36. The summed E-state index contributed by atoms with van der Waals surface area (Å²) in [7, 11) is 0. The molecular formula is C16H17ClIN4PS. The zero-order chi connectivity index (χ0) is 17.3. The van der Waals surface area contributed by atoms with Gasteiger partial charge in [0.15, 0.2) is 5.65 Å². The van der Waals surface area contributed by atoms with Crippen molar-refractivity contribution in [2.24, 2.45) is 0 Å². The average Bonchev–Trinajstić information content (AvgIpc) is 2.90. The van der Waals surface area contributed by atoms with Crippen molar-refractivity contribution in [3.63, 3.8) is 0 Å². The number of pyridine rings is 1. The molecule has 2 aromatic heterocycles. The number of rotatable bonds is 5. The number of anilines is 2. The van der Waals surface area contributed by atoms with E-state index in [1.165, 1.54) is 10.5 Å². The molecule has 126 valence electrons. The van der Waals surface area contributed by atoms with Gasteiger partial charge in [-0.3, -0.25) is 4.34 Å². The lowest BCUT2D eigenvalue weighted by Gasteiger charge is -2.13. The third-order valence-electron chi connectivity index (χ3n) is 3.78. The van der Waals surface area contributed by atoms with E-state index in [1.54, 1.807) is 11.8 Å². The van der Waals surface area contributed by atoms with Crippen LogP contribution in [0.15, 0.2) is 29.2 Å². The molecule has 0 aliphatic heterocycles. The molecule has 0 bridgehead atoms. The zero-order valence-corrected chi connectivity index (χ0v) is 18.3. The number of nitrogens with zero attached hydrogens (tertiary/aromatic N) is 3. The molecule has 4 nitrogen and oxygen atoms in total. The lowest BCUT2D eigenvalue weighted by molar-refractivity contribution is 1.10. The minimum absolute atomic E-state index is 0.469. The van der Waals surface area contributed by atoms with Crippen LogP contribution in [0.5, 0.6) is 0 Å². The first-order valence-electron chi connectivity index (χ1n) is 7.43. The van der Waals surface area contributed by atoms with Crippen molar-refractivity contribution >= 4 is 74.3 Å². The summed E-state index contributed by atoms with van der Waals surface area (Å²) in [6, 6.07) is 8.34. The van der Waals surface area contributed by atoms with E-state index in [0.29, 0.717) is 11.5 Å². The van der Waals surface area contributed by atoms with Gasteiger partial charge >= 0.3 is 0 Å². The minimum Gasteiger partial charge on any atom is -0.353 e. The summed E-state index contributed by atoms with van der Waals surface area (Å²) in [6.45, 7) is 4.16. The van der Waals surface area contributed by atoms with Crippen molar-refractivity contribution in [3.05, 3.63) is 40.8 Å². The number of halogens is 2. The molecule has 24 heavy (non-hydrogen) atoms. The van der Waals surface area contributed by atoms with Gasteiger partial charge in [-0.15, -0.1) is 11.8 Å². The van der Waals surface area contributed by atoms with Crippen LogP contribution in [-0.4, -0.2) is 20.6 Å². The summed E-state index contributed by atoms with van der Waals surface area (Å²) in [5, 5.41) is 3.97. The van der Waals surface area contributed by atoms with Gasteiger partial charge in [-0.2, -0.15) is 0 Å². The standard InChI is InChI=1S/C16H17ClIN4PS/c1-4-10-5-6-11(13(7-10)24-3)20-12-8-14(17)21-16-15(12)19-9(2)22(16)23-18/h5-8,23H,4H2,1-3H3,(H,20,21). The van der Waals surface area contributed by atoms with Crippen LogP contribution in [0.2, 0.25) is 5.15 Å². The molecule has 1 N–H and O–H groups in total. The first-order valence-corrected chi connectivity index (χ1v) is 13.1. The van der Waals surface area contributed by atoms with Crippen LogP contribution in [0.3, 0.4) is 0 Å². The number of fused-ring (bicyclic) bond motifs is 1. The Morgan fingerprint density at radius 3 is 2.75 bits per heavy atom. The second kappa shape index (κ2) is 7.77. The molecule has 0 fully saturated rings. The largest absolute Gasteiger partial charge is 0.353 e. The minimum atomic E-state index is 0.469. The van der Waals surface area contributed by atoms with Gasteiger partial charge in [0, 0.05) is 11.0 Å². The number of imidazole rings is 1. The first kappa shape index (κ1) is 18.2. The van der Waals surface area contributed by atoms with Crippen molar-refractivity contribution in [1.29, 1.82) is 0 Å². The molecule has 2 heterocycles. The lowest BCUT2D eigenvalue weighted by atomic mass is 10.1. The third kappa shape index (κ3) is 3.52. The van der Waals surface area contributed by atoms with Gasteiger partial charge in [0.05, 0.1) is 17.7 Å². The Balaban J connectivity index is 2.11. The van der Waals surface area contributed by atoms with Gasteiger partial charge in [-0.05, 0) is 59.3 Å². The van der Waals surface area contributed by atoms with Crippen LogP contribution in [0.1, 0.15) is 18.3 Å². The van der Waals surface area contributed by atoms with E-state index in [1.807, 2.05) is 13.0 Å². The quantitative estimate of drug-likeness (QED) is 0.200. The molecule has 3 aromatic rings. The van der Waals surface area contributed by atoms with E-state index in [0.717, 1.165) is 34.8 Å². The van der Waals surface area contributed by atoms with Gasteiger partial charge in [-0.1, -0.05) is 24.6 Å². The lowest BCUT2D eigenvalue weighted by Crippen LogP contribution is -1.96. The van der Waals surface area contributed by atoms with Gasteiger partial charge in [0.2, 0.25) is 0 Å². The van der Waals surface area contributed by atoms with E-state index >= 15 is 0 Å². The van der Waals surface area contributed by atoms with Crippen molar-refractivity contribution < 1.29 is 0 Å². The number of thioether (sulfide) groups is 1. The van der Waals surface area contributed by atoms with Crippen LogP contribution >= 0.6 is 51.8 Å². The summed E-state index contributed by atoms with van der Waals surface area (Å²) in [6.07, 6.45) is 3.65. The maximum absolute atomic E-state index is 6.25. The molecule has 0 saturated heterocycles. The Hall–Kier alpha value is -0.560. The number of aryl methyl sites for hydroxylation is 2. The van der Waals surface area contributed by atoms with Crippen LogP contribution in [0.4, 0.5) is 11.4 Å². The number of nitrogens with one attached hydrogen (secondary N) is 1. The first-order chi connectivity index (χ1) is 11.6. The van der Waals surface area contributed by atoms with Crippen LogP contribution in [0.25, 0.3) is 11.2 Å². The summed E-state index contributed by atoms with van der Waals surface area (Å²) in [4.78, 5) is 10.4. The maximum atomic E-state index is 6.25. The van der Waals surface area contributed by atoms with Gasteiger partial charge in [0.1, 0.15) is 16.5 Å². The van der Waals surface area contributed by atoms with Gasteiger partial charge < -0.3 is 5.32 Å². The Morgan fingerprint density at radius 1 is 1.29 bits per heavy atom. The predicted molar refractivity (Wildman–Crippen MR) is 116 cm³/mol. The number of benzene rings is 1. The molecule has 3 rings (SSSR count). The van der Waals surface area contributed by atoms with Crippen LogP contribution < -0.4 is 5.32 Å². The fraction of sp³-hybridized carbons (Fsp3) is 0.250. The Kier molecular flexibility index (Phi) is 5.90. The predicted octanol–water partition coefficient (Wildman–Crippen LogP) is 6.21. The molecule has 1 atom stereocenters. The fourth-order valence-electron chi connectivity index (χ4n) is 2.53. The topological polar surface area (TPSA) is 42.7 Å². The SMILES string of the molecule is CCc1ccc(Nc2cc(Cl)nc3c2nc(C)n3PI)c(SC)c1. The highest BCUT2D eigenvalue weighted by Gasteiger charge is 2.15. The van der Waals surface area contributed by atoms with E-state index in [2.05, 4.69) is 73.0 Å². The van der Waals surface area contributed by atoms with Gasteiger partial charge in [-0.25, -0.2) is 9.97 Å². The van der Waals surface area contributed by atoms with E-state index in [-0.39, 0.29) is 0 Å². The smallest absolute Gasteiger partial charge is 0.167 e. The highest BCUT2D eigenvalue weighted by atomic mass is 127. The van der Waals surface area contributed by atoms with Crippen molar-refractivity contribution in [1.82, 2.24) is 14.3 Å². The summed E-state index contributed by atoms with van der Waals surface area (Å²) < 4.78 is 2.09. The second-order valence-electron chi connectivity index (χ2n) is 5.26. The summed E-state index contributed by atoms with van der Waals surface area (Å²) in [5.74, 6) is 0.946. The van der Waals surface area contributed by atoms with Crippen LogP contribution in [0, 0.1) is 6.92 Å². The Labute approximate surface area is 165 Å². The van der Waals surface area contributed by atoms with Crippen molar-refractivity contribution in [2.75, 3.05) is 11.6 Å². The van der Waals surface area contributed by atoms with E-state index < -0.39 is 0 Å². The highest BCUT2D eigenvalue weighted by molar-refractivity contribution is 14.2. The molecule has 8 heteroatoms. The van der Waals surface area contributed by atoms with Gasteiger partial charge in [0.25, 0.3) is 0 Å². The Bertz CT molecular complexity index is 899. The Morgan fingerprint density at radius 2 is 2.08 bits per heavy atom. The average molecular weight is 491 g/mol. The maximum Gasteiger partial charge on any atom is 0.167 e. The van der Waals surface area contributed by atoms with E-state index in [4.69, 9.17) is 11.6 Å². The molecule has 0 amide bonds. The molecule has 0 spiro atoms. The van der Waals surface area contributed by atoms with Crippen molar-refractivity contribution in [3.8, 4) is 0 Å². The fourth-order valence-corrected chi connectivity index (χ4v) is 5.46. The number of hydrogen-bond donors (Lipinski definition) is 1.